The second kappa shape index (κ2) is 4.66. The van der Waals surface area contributed by atoms with Gasteiger partial charge >= 0.3 is 0 Å². The van der Waals surface area contributed by atoms with E-state index in [9.17, 15) is 0 Å². The van der Waals surface area contributed by atoms with Gasteiger partial charge in [-0.15, -0.1) is 0 Å². The summed E-state index contributed by atoms with van der Waals surface area (Å²) < 4.78 is 6.04. The number of halogens is 1. The maximum Gasteiger partial charge on any atom is 0.177 e. The largest absolute Gasteiger partial charge is 0.449 e. The van der Waals surface area contributed by atoms with Crippen LogP contribution in [0.4, 0.5) is 0 Å². The van der Waals surface area contributed by atoms with Crippen LogP contribution in [0.3, 0.4) is 0 Å². The van der Waals surface area contributed by atoms with Crippen molar-refractivity contribution in [2.75, 3.05) is 4.43 Å². The summed E-state index contributed by atoms with van der Waals surface area (Å²) in [7, 11) is 0. The number of benzene rings is 1. The molecule has 0 heterocycles. The Bertz CT molecular complexity index is 235. The van der Waals surface area contributed by atoms with Gasteiger partial charge in [-0.1, -0.05) is 40.8 Å². The quantitative estimate of drug-likeness (QED) is 0.467. The molecule has 58 valence electrons. The smallest absolute Gasteiger partial charge is 0.177 e. The Morgan fingerprint density at radius 3 is 2.55 bits per heavy atom. The molecule has 0 aliphatic heterocycles. The van der Waals surface area contributed by atoms with Crippen LogP contribution in [0, 0.1) is 0 Å². The molecule has 1 rings (SSSR count). The molecule has 1 aromatic carbocycles. The van der Waals surface area contributed by atoms with Crippen molar-refractivity contribution in [2.45, 2.75) is 0 Å². The molecule has 1 aromatic rings. The van der Waals surface area contributed by atoms with Gasteiger partial charge in [0, 0.05) is 0 Å². The Hall–Kier alpha value is -0.160. The predicted octanol–water partition coefficient (Wildman–Crippen LogP) is 2.83. The summed E-state index contributed by atoms with van der Waals surface area (Å²) in [5.74, 6) is 0.814. The number of ether oxygens (including phenoxy) is 1. The first-order valence-corrected chi connectivity index (χ1v) is 5.08. The molecule has 0 aliphatic carbocycles. The number of alkyl halides is 1. The molecule has 0 saturated heterocycles. The minimum atomic E-state index is 0.622. The zero-order valence-corrected chi connectivity index (χ0v) is 8.76. The predicted molar refractivity (Wildman–Crippen MR) is 58.6 cm³/mol. The van der Waals surface area contributed by atoms with Gasteiger partial charge < -0.3 is 4.74 Å². The first-order chi connectivity index (χ1) is 5.33. The summed E-state index contributed by atoms with van der Waals surface area (Å²) >= 11 is 7.08. The maximum absolute atomic E-state index is 5.29. The van der Waals surface area contributed by atoms with Gasteiger partial charge in [0.25, 0.3) is 0 Å². The number of thiocarbonyl (C=S) groups is 1. The number of rotatable bonds is 2. The number of para-hydroxylation sites is 1. The van der Waals surface area contributed by atoms with Crippen LogP contribution in [0.2, 0.25) is 0 Å². The van der Waals surface area contributed by atoms with Crippen LogP contribution >= 0.6 is 34.8 Å². The van der Waals surface area contributed by atoms with Crippen molar-refractivity contribution in [3.8, 4) is 5.75 Å². The molecular weight excluding hydrogens is 271 g/mol. The Labute approximate surface area is 84.9 Å². The minimum Gasteiger partial charge on any atom is -0.449 e. The number of hydrogen-bond donors (Lipinski definition) is 0. The molecule has 0 aromatic heterocycles. The molecule has 0 radical (unpaired) electrons. The number of hydrogen-bond acceptors (Lipinski definition) is 2. The van der Waals surface area contributed by atoms with E-state index in [0.717, 1.165) is 10.2 Å². The van der Waals surface area contributed by atoms with E-state index in [0.29, 0.717) is 5.05 Å². The highest BCUT2D eigenvalue weighted by molar-refractivity contribution is 14.1. The van der Waals surface area contributed by atoms with Crippen molar-refractivity contribution in [1.29, 1.82) is 0 Å². The van der Waals surface area contributed by atoms with Crippen molar-refractivity contribution in [2.24, 2.45) is 0 Å². The molecule has 0 spiro atoms. The molecule has 0 unspecified atom stereocenters. The van der Waals surface area contributed by atoms with E-state index >= 15 is 0 Å². The van der Waals surface area contributed by atoms with E-state index in [2.05, 4.69) is 22.6 Å². The van der Waals surface area contributed by atoms with Gasteiger partial charge in [-0.05, 0) is 24.4 Å². The zero-order chi connectivity index (χ0) is 8.10. The lowest BCUT2D eigenvalue weighted by molar-refractivity contribution is 0.563. The fourth-order valence-corrected chi connectivity index (χ4v) is 0.899. The molecule has 0 N–H and O–H groups in total. The van der Waals surface area contributed by atoms with Crippen LogP contribution < -0.4 is 4.74 Å². The lowest BCUT2D eigenvalue weighted by Crippen LogP contribution is -2.05. The zero-order valence-electron chi connectivity index (χ0n) is 5.79. The van der Waals surface area contributed by atoms with Crippen LogP contribution in [0.5, 0.6) is 5.75 Å². The third-order valence-electron chi connectivity index (χ3n) is 1.08. The van der Waals surface area contributed by atoms with Gasteiger partial charge in [-0.25, -0.2) is 0 Å². The molecule has 0 bridgehead atoms. The van der Waals surface area contributed by atoms with Gasteiger partial charge in [-0.2, -0.15) is 0 Å². The van der Waals surface area contributed by atoms with Crippen molar-refractivity contribution >= 4 is 39.9 Å². The fraction of sp³-hybridized carbons (Fsp3) is 0.125. The van der Waals surface area contributed by atoms with Gasteiger partial charge in [0.15, 0.2) is 5.05 Å². The SMILES string of the molecule is S=C(CI)Oc1ccccc1. The summed E-state index contributed by atoms with van der Waals surface area (Å²) in [5, 5.41) is 0.622. The summed E-state index contributed by atoms with van der Waals surface area (Å²) in [6, 6.07) is 9.56. The summed E-state index contributed by atoms with van der Waals surface area (Å²) in [5.41, 5.74) is 0. The van der Waals surface area contributed by atoms with E-state index in [-0.39, 0.29) is 0 Å². The normalized spacial score (nSPS) is 9.18. The summed E-state index contributed by atoms with van der Waals surface area (Å²) in [6.45, 7) is 0. The standard InChI is InChI=1S/C8H7IOS/c9-6-8(11)10-7-4-2-1-3-5-7/h1-5H,6H2. The van der Waals surface area contributed by atoms with E-state index in [4.69, 9.17) is 17.0 Å². The summed E-state index contributed by atoms with van der Waals surface area (Å²) in [4.78, 5) is 0. The molecule has 1 nitrogen and oxygen atoms in total. The molecular formula is C8H7IOS. The highest BCUT2D eigenvalue weighted by Gasteiger charge is 1.95. The molecule has 11 heavy (non-hydrogen) atoms. The summed E-state index contributed by atoms with van der Waals surface area (Å²) in [6.07, 6.45) is 0. The van der Waals surface area contributed by atoms with Gasteiger partial charge in [0.05, 0.1) is 4.43 Å². The monoisotopic (exact) mass is 278 g/mol. The molecule has 0 atom stereocenters. The maximum atomic E-state index is 5.29. The molecule has 0 amide bonds. The highest BCUT2D eigenvalue weighted by atomic mass is 127. The molecule has 0 fully saturated rings. The van der Waals surface area contributed by atoms with Crippen molar-refractivity contribution in [3.63, 3.8) is 0 Å². The van der Waals surface area contributed by atoms with E-state index in [1.165, 1.54) is 0 Å². The molecule has 0 aliphatic rings. The Morgan fingerprint density at radius 2 is 2.00 bits per heavy atom. The average molecular weight is 278 g/mol. The second-order valence-corrected chi connectivity index (χ2v) is 3.14. The van der Waals surface area contributed by atoms with Crippen LogP contribution in [-0.2, 0) is 0 Å². The molecule has 3 heteroatoms. The topological polar surface area (TPSA) is 9.23 Å². The lowest BCUT2D eigenvalue weighted by atomic mass is 10.3. The van der Waals surface area contributed by atoms with Crippen molar-refractivity contribution < 1.29 is 4.74 Å². The van der Waals surface area contributed by atoms with Gasteiger partial charge in [-0.3, -0.25) is 0 Å². The van der Waals surface area contributed by atoms with Crippen LogP contribution in [-0.4, -0.2) is 9.48 Å². The lowest BCUT2D eigenvalue weighted by Gasteiger charge is -2.02. The minimum absolute atomic E-state index is 0.622. The second-order valence-electron chi connectivity index (χ2n) is 1.92. The third-order valence-corrected chi connectivity index (χ3v) is 2.52. The van der Waals surface area contributed by atoms with Crippen LogP contribution in [0.1, 0.15) is 0 Å². The third kappa shape index (κ3) is 3.16. The van der Waals surface area contributed by atoms with Crippen LogP contribution in [0.25, 0.3) is 0 Å². The molecule has 0 saturated carbocycles. The Balaban J connectivity index is 2.58. The van der Waals surface area contributed by atoms with Crippen LogP contribution in [0.15, 0.2) is 30.3 Å². The van der Waals surface area contributed by atoms with E-state index in [1.54, 1.807) is 0 Å². The fourth-order valence-electron chi connectivity index (χ4n) is 0.647. The van der Waals surface area contributed by atoms with Crippen molar-refractivity contribution in [1.82, 2.24) is 0 Å². The average Bonchev–Trinajstić information content (AvgIpc) is 2.06. The Kier molecular flexibility index (Phi) is 3.79. The van der Waals surface area contributed by atoms with E-state index < -0.39 is 0 Å². The first-order valence-electron chi connectivity index (χ1n) is 3.14. The first kappa shape index (κ1) is 8.93. The Morgan fingerprint density at radius 1 is 1.36 bits per heavy atom. The van der Waals surface area contributed by atoms with Gasteiger partial charge in [0.2, 0.25) is 0 Å². The van der Waals surface area contributed by atoms with Crippen molar-refractivity contribution in [3.05, 3.63) is 30.3 Å². The van der Waals surface area contributed by atoms with Gasteiger partial charge in [0.1, 0.15) is 5.75 Å². The van der Waals surface area contributed by atoms with E-state index in [1.807, 2.05) is 30.3 Å². The highest BCUT2D eigenvalue weighted by Crippen LogP contribution is 2.09.